The smallest absolute Gasteiger partial charge is 0.262 e. The Bertz CT molecular complexity index is 588. The number of nitrogens with one attached hydrogen (secondary N) is 1. The number of carbonyl (C=O) groups is 3. The topological polar surface area (TPSA) is 73.0 Å². The molecule has 1 aromatic rings. The maximum atomic E-state index is 12.2. The third-order valence-corrected chi connectivity index (χ3v) is 3.97. The van der Waals surface area contributed by atoms with Gasteiger partial charge in [0.05, 0.1) is 11.1 Å². The van der Waals surface area contributed by atoms with Crippen LogP contribution in [0.2, 0.25) is 0 Å². The van der Waals surface area contributed by atoms with Crippen molar-refractivity contribution in [2.75, 3.05) is 39.8 Å². The molecule has 0 radical (unpaired) electrons. The van der Waals surface area contributed by atoms with Crippen molar-refractivity contribution in [3.05, 3.63) is 35.4 Å². The highest BCUT2D eigenvalue weighted by Crippen LogP contribution is 2.21. The minimum absolute atomic E-state index is 0.251. The van der Waals surface area contributed by atoms with Gasteiger partial charge in [-0.25, -0.2) is 5.01 Å². The van der Waals surface area contributed by atoms with Crippen LogP contribution in [0, 0.1) is 0 Å². The highest BCUT2D eigenvalue weighted by atomic mass is 16.2. The zero-order valence-electron chi connectivity index (χ0n) is 12.4. The molecule has 0 unspecified atom stereocenters. The molecule has 1 fully saturated rings. The first kappa shape index (κ1) is 14.7. The predicted octanol–water partition coefficient (Wildman–Crippen LogP) is -0.439. The minimum atomic E-state index is -0.408. The lowest BCUT2D eigenvalue weighted by atomic mass is 10.1. The second kappa shape index (κ2) is 5.86. The predicted molar refractivity (Wildman–Crippen MR) is 79.0 cm³/mol. The van der Waals surface area contributed by atoms with Crippen molar-refractivity contribution in [2.24, 2.45) is 0 Å². The van der Waals surface area contributed by atoms with Crippen molar-refractivity contribution in [1.29, 1.82) is 0 Å². The van der Waals surface area contributed by atoms with Gasteiger partial charge in [0.1, 0.15) is 6.54 Å². The molecule has 0 aromatic heterocycles. The van der Waals surface area contributed by atoms with E-state index < -0.39 is 11.8 Å². The van der Waals surface area contributed by atoms with E-state index in [1.165, 1.54) is 0 Å². The summed E-state index contributed by atoms with van der Waals surface area (Å²) in [6, 6.07) is 6.62. The normalized spacial score (nSPS) is 19.4. The average Bonchev–Trinajstić information content (AvgIpc) is 2.75. The molecule has 0 atom stereocenters. The summed E-state index contributed by atoms with van der Waals surface area (Å²) in [4.78, 5) is 39.6. The van der Waals surface area contributed by atoms with Gasteiger partial charge in [0, 0.05) is 26.2 Å². The molecule has 116 valence electrons. The van der Waals surface area contributed by atoms with Crippen molar-refractivity contribution in [2.45, 2.75) is 0 Å². The summed E-state index contributed by atoms with van der Waals surface area (Å²) >= 11 is 0. The number of rotatable bonds is 3. The number of nitrogens with zero attached hydrogens (tertiary/aromatic N) is 3. The number of hydrazine groups is 1. The number of benzene rings is 1. The lowest BCUT2D eigenvalue weighted by Crippen LogP contribution is -2.54. The van der Waals surface area contributed by atoms with E-state index in [-0.39, 0.29) is 12.5 Å². The van der Waals surface area contributed by atoms with Crippen LogP contribution in [0.5, 0.6) is 0 Å². The summed E-state index contributed by atoms with van der Waals surface area (Å²) in [5.74, 6) is -1.16. The van der Waals surface area contributed by atoms with Gasteiger partial charge in [0.25, 0.3) is 17.7 Å². The lowest BCUT2D eigenvalue weighted by Gasteiger charge is -2.32. The highest BCUT2D eigenvalue weighted by molar-refractivity contribution is 6.22. The van der Waals surface area contributed by atoms with Crippen LogP contribution in [-0.4, -0.2) is 72.3 Å². The fourth-order valence-corrected chi connectivity index (χ4v) is 2.66. The van der Waals surface area contributed by atoms with Crippen LogP contribution in [0.25, 0.3) is 0 Å². The Balaban J connectivity index is 1.61. The average molecular weight is 302 g/mol. The second-order valence-corrected chi connectivity index (χ2v) is 5.57. The number of hydrogen-bond donors (Lipinski definition) is 1. The maximum absolute atomic E-state index is 12.2. The Morgan fingerprint density at radius 3 is 2.14 bits per heavy atom. The number of piperazine rings is 1. The van der Waals surface area contributed by atoms with E-state index in [0.29, 0.717) is 11.1 Å². The molecule has 2 aliphatic heterocycles. The van der Waals surface area contributed by atoms with Crippen molar-refractivity contribution in [3.8, 4) is 0 Å². The van der Waals surface area contributed by atoms with Gasteiger partial charge >= 0.3 is 0 Å². The van der Waals surface area contributed by atoms with Crippen LogP contribution in [0.4, 0.5) is 0 Å². The van der Waals surface area contributed by atoms with Crippen LogP contribution in [0.15, 0.2) is 24.3 Å². The lowest BCUT2D eigenvalue weighted by molar-refractivity contribution is -0.127. The van der Waals surface area contributed by atoms with Crippen molar-refractivity contribution >= 4 is 17.7 Å². The van der Waals surface area contributed by atoms with Gasteiger partial charge in [0.2, 0.25) is 0 Å². The fourth-order valence-electron chi connectivity index (χ4n) is 2.66. The summed E-state index contributed by atoms with van der Waals surface area (Å²) in [5.41, 5.74) is 3.48. The number of amides is 3. The van der Waals surface area contributed by atoms with E-state index in [2.05, 4.69) is 10.3 Å². The van der Waals surface area contributed by atoms with Crippen LogP contribution < -0.4 is 5.43 Å². The standard InChI is InChI=1S/C15H18N4O3/c1-17-6-8-18(9-7-17)16-13(20)10-19-14(21)11-4-2-3-5-12(11)15(19)22/h2-5H,6-10H2,1H3,(H,16,20). The molecule has 0 bridgehead atoms. The third-order valence-electron chi connectivity index (χ3n) is 3.97. The van der Waals surface area contributed by atoms with Gasteiger partial charge < -0.3 is 4.90 Å². The van der Waals surface area contributed by atoms with E-state index in [4.69, 9.17) is 0 Å². The van der Waals surface area contributed by atoms with Crippen molar-refractivity contribution in [3.63, 3.8) is 0 Å². The quantitative estimate of drug-likeness (QED) is 0.767. The maximum Gasteiger partial charge on any atom is 0.262 e. The first-order valence-corrected chi connectivity index (χ1v) is 7.24. The Labute approximate surface area is 128 Å². The largest absolute Gasteiger partial charge is 0.304 e. The van der Waals surface area contributed by atoms with Gasteiger partial charge in [-0.15, -0.1) is 0 Å². The molecule has 7 heteroatoms. The molecule has 7 nitrogen and oxygen atoms in total. The number of hydrogen-bond acceptors (Lipinski definition) is 5. The van der Waals surface area contributed by atoms with E-state index in [0.717, 1.165) is 31.1 Å². The van der Waals surface area contributed by atoms with Gasteiger partial charge in [-0.3, -0.25) is 24.7 Å². The Morgan fingerprint density at radius 2 is 1.59 bits per heavy atom. The van der Waals surface area contributed by atoms with Crippen LogP contribution in [0.1, 0.15) is 20.7 Å². The Kier molecular flexibility index (Phi) is 3.91. The van der Waals surface area contributed by atoms with Crippen molar-refractivity contribution < 1.29 is 14.4 Å². The fraction of sp³-hybridized carbons (Fsp3) is 0.400. The first-order valence-electron chi connectivity index (χ1n) is 7.24. The number of carbonyl (C=O) groups excluding carboxylic acids is 3. The molecule has 3 rings (SSSR count). The summed E-state index contributed by atoms with van der Waals surface area (Å²) < 4.78 is 0. The van der Waals surface area contributed by atoms with Crippen LogP contribution in [-0.2, 0) is 4.79 Å². The molecule has 3 amide bonds. The molecular formula is C15H18N4O3. The van der Waals surface area contributed by atoms with Gasteiger partial charge in [-0.05, 0) is 19.2 Å². The Hall–Kier alpha value is -2.25. The molecule has 1 aromatic carbocycles. The number of fused-ring (bicyclic) bond motifs is 1. The number of imide groups is 1. The zero-order chi connectivity index (χ0) is 15.7. The van der Waals surface area contributed by atoms with E-state index in [1.54, 1.807) is 24.3 Å². The minimum Gasteiger partial charge on any atom is -0.304 e. The second-order valence-electron chi connectivity index (χ2n) is 5.57. The number of likely N-dealkylation sites (N-methyl/N-ethyl adjacent to an activating group) is 1. The Morgan fingerprint density at radius 1 is 1.05 bits per heavy atom. The first-order chi connectivity index (χ1) is 10.6. The summed E-state index contributed by atoms with van der Waals surface area (Å²) in [6.07, 6.45) is 0. The summed E-state index contributed by atoms with van der Waals surface area (Å²) in [6.45, 7) is 2.94. The van der Waals surface area contributed by atoms with E-state index in [9.17, 15) is 14.4 Å². The molecule has 0 saturated carbocycles. The molecule has 1 N–H and O–H groups in total. The van der Waals surface area contributed by atoms with Crippen LogP contribution >= 0.6 is 0 Å². The molecule has 2 heterocycles. The summed E-state index contributed by atoms with van der Waals surface area (Å²) in [7, 11) is 2.03. The van der Waals surface area contributed by atoms with Crippen molar-refractivity contribution in [1.82, 2.24) is 20.2 Å². The highest BCUT2D eigenvalue weighted by Gasteiger charge is 2.36. The molecule has 22 heavy (non-hydrogen) atoms. The zero-order valence-corrected chi connectivity index (χ0v) is 12.4. The van der Waals surface area contributed by atoms with E-state index >= 15 is 0 Å². The van der Waals surface area contributed by atoms with E-state index in [1.807, 2.05) is 12.1 Å². The van der Waals surface area contributed by atoms with Gasteiger partial charge in [0.15, 0.2) is 0 Å². The third kappa shape index (κ3) is 2.72. The molecular weight excluding hydrogens is 284 g/mol. The van der Waals surface area contributed by atoms with Gasteiger partial charge in [-0.1, -0.05) is 12.1 Å². The molecule has 1 saturated heterocycles. The monoisotopic (exact) mass is 302 g/mol. The molecule has 0 spiro atoms. The summed E-state index contributed by atoms with van der Waals surface area (Å²) in [5, 5.41) is 1.82. The van der Waals surface area contributed by atoms with Gasteiger partial charge in [-0.2, -0.15) is 0 Å². The molecule has 2 aliphatic rings. The molecule has 0 aliphatic carbocycles. The SMILES string of the molecule is CN1CCN(NC(=O)CN2C(=O)c3ccccc3C2=O)CC1. The van der Waals surface area contributed by atoms with Crippen LogP contribution in [0.3, 0.4) is 0 Å².